The van der Waals surface area contributed by atoms with E-state index in [9.17, 15) is 0 Å². The summed E-state index contributed by atoms with van der Waals surface area (Å²) in [5.74, 6) is 1.68. The Morgan fingerprint density at radius 2 is 0.771 bits per heavy atom. The summed E-state index contributed by atoms with van der Waals surface area (Å²) in [5.41, 5.74) is 8.93. The van der Waals surface area contributed by atoms with E-state index in [0.717, 1.165) is 62.5 Å². The molecular formula is C44H38N4. The Bertz CT molecular complexity index is 1850. The molecule has 2 aromatic heterocycles. The van der Waals surface area contributed by atoms with Crippen molar-refractivity contribution in [3.8, 4) is 11.1 Å². The molecule has 4 nitrogen and oxygen atoms in total. The zero-order chi connectivity index (χ0) is 33.7. The van der Waals surface area contributed by atoms with Crippen molar-refractivity contribution in [2.24, 2.45) is 0 Å². The van der Waals surface area contributed by atoms with E-state index in [2.05, 4.69) is 115 Å². The molecule has 0 unspecified atom stereocenters. The first-order valence-electron chi connectivity index (χ1n) is 15.6. The van der Waals surface area contributed by atoms with Crippen molar-refractivity contribution in [2.75, 3.05) is 9.80 Å². The van der Waals surface area contributed by atoms with Crippen molar-refractivity contribution >= 4 is 46.5 Å². The molecule has 2 heterocycles. The van der Waals surface area contributed by atoms with Gasteiger partial charge in [-0.15, -0.1) is 0 Å². The molecule has 0 atom stereocenters. The van der Waals surface area contributed by atoms with Crippen LogP contribution in [0.4, 0.5) is 34.4 Å². The van der Waals surface area contributed by atoms with Crippen LogP contribution in [0, 0.1) is 0 Å². The van der Waals surface area contributed by atoms with Gasteiger partial charge in [-0.05, 0) is 102 Å². The molecule has 4 heteroatoms. The van der Waals surface area contributed by atoms with Gasteiger partial charge in [-0.3, -0.25) is 9.80 Å². The van der Waals surface area contributed by atoms with Crippen LogP contribution in [-0.4, -0.2) is 9.97 Å². The number of pyridine rings is 2. The second kappa shape index (κ2) is 16.2. The molecule has 0 aliphatic heterocycles. The van der Waals surface area contributed by atoms with E-state index in [0.29, 0.717) is 0 Å². The van der Waals surface area contributed by atoms with E-state index < -0.39 is 0 Å². The molecule has 4 aromatic carbocycles. The van der Waals surface area contributed by atoms with Crippen LogP contribution in [0.1, 0.15) is 11.4 Å². The Balaban J connectivity index is 0.000000689. The standard InChI is InChI=1S/C38H30N4.C6H8/c1-3-31-13-11-19-37(39-31)41(33-15-7-5-8-16-33)35-25-21-29(22-26-35)30-23-27-36(28-24-30)42(34-17-9-6-10-18-34)38-20-12-14-32(4-2)40-38;1-4-6(3)5-2/h3-28H,1-2H2;4-5H,1-3H2. The number of benzene rings is 4. The third kappa shape index (κ3) is 8.00. The molecule has 0 spiro atoms. The van der Waals surface area contributed by atoms with Crippen LogP contribution in [0.25, 0.3) is 23.3 Å². The summed E-state index contributed by atoms with van der Waals surface area (Å²) >= 11 is 0. The van der Waals surface area contributed by atoms with Gasteiger partial charge in [0, 0.05) is 22.7 Å². The lowest BCUT2D eigenvalue weighted by Gasteiger charge is -2.25. The van der Waals surface area contributed by atoms with Crippen LogP contribution in [-0.2, 0) is 0 Å². The van der Waals surface area contributed by atoms with Gasteiger partial charge >= 0.3 is 0 Å². The quantitative estimate of drug-likeness (QED) is 0.135. The van der Waals surface area contributed by atoms with Crippen LogP contribution in [0.3, 0.4) is 0 Å². The highest BCUT2D eigenvalue weighted by atomic mass is 15.2. The van der Waals surface area contributed by atoms with Gasteiger partial charge in [0.15, 0.2) is 0 Å². The number of hydrogen-bond acceptors (Lipinski definition) is 4. The SMILES string of the molecule is C=CC(=C)C=C.C=Cc1cccc(N(c2ccccc2)c2ccc(-c3ccc(N(c4ccccc4)c4cccc(C=C)n4)cc3)cc2)n1. The zero-order valence-corrected chi connectivity index (χ0v) is 27.0. The molecular weight excluding hydrogens is 585 g/mol. The minimum Gasteiger partial charge on any atom is -0.295 e. The Kier molecular flexibility index (Phi) is 11.1. The molecule has 0 aliphatic rings. The third-order valence-corrected chi connectivity index (χ3v) is 7.53. The van der Waals surface area contributed by atoms with Crippen molar-refractivity contribution in [2.45, 2.75) is 0 Å². The zero-order valence-electron chi connectivity index (χ0n) is 27.0. The van der Waals surface area contributed by atoms with E-state index >= 15 is 0 Å². The maximum absolute atomic E-state index is 4.80. The number of hydrogen-bond donors (Lipinski definition) is 0. The van der Waals surface area contributed by atoms with Gasteiger partial charge in [0.2, 0.25) is 0 Å². The third-order valence-electron chi connectivity index (χ3n) is 7.53. The monoisotopic (exact) mass is 622 g/mol. The molecule has 0 saturated carbocycles. The fourth-order valence-corrected chi connectivity index (χ4v) is 5.03. The summed E-state index contributed by atoms with van der Waals surface area (Å²) < 4.78 is 0. The first-order chi connectivity index (χ1) is 23.5. The molecule has 0 aliphatic carbocycles. The summed E-state index contributed by atoms with van der Waals surface area (Å²) in [6.07, 6.45) is 6.86. The van der Waals surface area contributed by atoms with Crippen LogP contribution in [0.5, 0.6) is 0 Å². The molecule has 0 amide bonds. The second-order valence-electron chi connectivity index (χ2n) is 10.7. The van der Waals surface area contributed by atoms with Crippen molar-refractivity contribution in [3.63, 3.8) is 0 Å². The lowest BCUT2D eigenvalue weighted by Crippen LogP contribution is -2.12. The van der Waals surface area contributed by atoms with Gasteiger partial charge in [0.05, 0.1) is 11.4 Å². The topological polar surface area (TPSA) is 32.3 Å². The average Bonchev–Trinajstić information content (AvgIpc) is 3.16. The number of rotatable bonds is 11. The summed E-state index contributed by atoms with van der Waals surface area (Å²) in [6.45, 7) is 18.3. The number of aromatic nitrogens is 2. The first-order valence-corrected chi connectivity index (χ1v) is 15.6. The van der Waals surface area contributed by atoms with Gasteiger partial charge < -0.3 is 0 Å². The predicted octanol–water partition coefficient (Wildman–Crippen LogP) is 12.3. The first kappa shape index (κ1) is 32.9. The molecule has 6 rings (SSSR count). The van der Waals surface area contributed by atoms with E-state index in [4.69, 9.17) is 9.97 Å². The lowest BCUT2D eigenvalue weighted by atomic mass is 10.0. The van der Waals surface area contributed by atoms with Gasteiger partial charge in [0.25, 0.3) is 0 Å². The smallest absolute Gasteiger partial charge is 0.138 e. The van der Waals surface area contributed by atoms with E-state index in [1.807, 2.05) is 72.8 Å². The van der Waals surface area contributed by atoms with Crippen molar-refractivity contribution in [1.82, 2.24) is 9.97 Å². The lowest BCUT2D eigenvalue weighted by molar-refractivity contribution is 1.17. The van der Waals surface area contributed by atoms with Gasteiger partial charge in [0.1, 0.15) is 11.6 Å². The number of anilines is 6. The van der Waals surface area contributed by atoms with Crippen LogP contribution in [0.2, 0.25) is 0 Å². The molecule has 0 N–H and O–H groups in total. The molecule has 0 saturated heterocycles. The highest BCUT2D eigenvalue weighted by Crippen LogP contribution is 2.37. The maximum Gasteiger partial charge on any atom is 0.138 e. The number of nitrogens with zero attached hydrogens (tertiary/aromatic N) is 4. The average molecular weight is 623 g/mol. The summed E-state index contributed by atoms with van der Waals surface area (Å²) in [6, 6.07) is 49.7. The summed E-state index contributed by atoms with van der Waals surface area (Å²) in [7, 11) is 0. The van der Waals surface area contributed by atoms with E-state index in [1.165, 1.54) is 0 Å². The van der Waals surface area contributed by atoms with E-state index in [-0.39, 0.29) is 0 Å². The second-order valence-corrected chi connectivity index (χ2v) is 10.7. The summed E-state index contributed by atoms with van der Waals surface area (Å²) in [4.78, 5) is 13.9. The minimum atomic E-state index is 0.834. The van der Waals surface area contributed by atoms with Crippen LogP contribution in [0.15, 0.2) is 196 Å². The number of allylic oxidation sites excluding steroid dienone is 3. The molecule has 234 valence electrons. The van der Waals surface area contributed by atoms with Crippen molar-refractivity contribution in [3.05, 3.63) is 208 Å². The predicted molar refractivity (Wildman–Crippen MR) is 207 cm³/mol. The maximum atomic E-state index is 4.80. The Labute approximate surface area is 284 Å². The Morgan fingerprint density at radius 1 is 0.417 bits per heavy atom. The molecule has 6 aromatic rings. The minimum absolute atomic E-state index is 0.834. The largest absolute Gasteiger partial charge is 0.295 e. The molecule has 48 heavy (non-hydrogen) atoms. The summed E-state index contributed by atoms with van der Waals surface area (Å²) in [5, 5.41) is 0. The van der Waals surface area contributed by atoms with E-state index in [1.54, 1.807) is 24.3 Å². The molecule has 0 radical (unpaired) electrons. The van der Waals surface area contributed by atoms with Crippen molar-refractivity contribution in [1.29, 1.82) is 0 Å². The van der Waals surface area contributed by atoms with Gasteiger partial charge in [-0.2, -0.15) is 0 Å². The van der Waals surface area contributed by atoms with Crippen molar-refractivity contribution < 1.29 is 0 Å². The normalized spacial score (nSPS) is 10.1. The fraction of sp³-hybridized carbons (Fsp3) is 0. The van der Waals surface area contributed by atoms with Gasteiger partial charge in [-0.25, -0.2) is 9.97 Å². The van der Waals surface area contributed by atoms with Crippen LogP contribution >= 0.6 is 0 Å². The molecule has 0 bridgehead atoms. The molecule has 0 fully saturated rings. The highest BCUT2D eigenvalue weighted by molar-refractivity contribution is 5.79. The van der Waals surface area contributed by atoms with Crippen LogP contribution < -0.4 is 9.80 Å². The Morgan fingerprint density at radius 3 is 1.08 bits per heavy atom. The fourth-order valence-electron chi connectivity index (χ4n) is 5.03. The Hall–Kier alpha value is -6.52. The highest BCUT2D eigenvalue weighted by Gasteiger charge is 2.16. The van der Waals surface area contributed by atoms with Gasteiger partial charge in [-0.1, -0.05) is 118 Å². The number of para-hydroxylation sites is 2.